The number of Topliss-reactive ketones (excluding diaryl/α,β-unsaturated/α-hetero) is 1. The number of hydrogen-bond donors (Lipinski definition) is 2. The van der Waals surface area contributed by atoms with E-state index in [0.29, 0.717) is 52.3 Å². The molecule has 2 aromatic carbocycles. The Labute approximate surface area is 227 Å². The van der Waals surface area contributed by atoms with E-state index in [1.54, 1.807) is 30.5 Å². The molecule has 0 spiro atoms. The average Bonchev–Trinajstić information content (AvgIpc) is 2.90. The lowest BCUT2D eigenvalue weighted by atomic mass is 9.93. The number of rotatable bonds is 12. The van der Waals surface area contributed by atoms with E-state index in [-0.39, 0.29) is 30.7 Å². The van der Waals surface area contributed by atoms with Crippen LogP contribution in [-0.4, -0.2) is 77.3 Å². The van der Waals surface area contributed by atoms with Gasteiger partial charge < -0.3 is 15.4 Å². The maximum atomic E-state index is 13.2. The second-order valence-electron chi connectivity index (χ2n) is 9.14. The number of ether oxygens (including phenoxy) is 1. The minimum atomic E-state index is -0.356. The van der Waals surface area contributed by atoms with Crippen molar-refractivity contribution in [2.75, 3.05) is 39.8 Å². The van der Waals surface area contributed by atoms with Crippen LogP contribution in [0.3, 0.4) is 0 Å². The van der Waals surface area contributed by atoms with Crippen LogP contribution in [0.5, 0.6) is 5.75 Å². The van der Waals surface area contributed by atoms with E-state index in [0.717, 1.165) is 18.8 Å². The highest BCUT2D eigenvalue weighted by Crippen LogP contribution is 2.35. The van der Waals surface area contributed by atoms with Crippen LogP contribution >= 0.6 is 12.2 Å². The summed E-state index contributed by atoms with van der Waals surface area (Å²) in [5, 5.41) is 7.96. The predicted octanol–water partition coefficient (Wildman–Crippen LogP) is 2.78. The first kappa shape index (κ1) is 27.2. The number of thiocarbonyl (C=S) groups is 1. The molecular weight excluding hydrogens is 502 g/mol. The van der Waals surface area contributed by atoms with Gasteiger partial charge in [-0.3, -0.25) is 29.2 Å². The summed E-state index contributed by atoms with van der Waals surface area (Å²) in [6.45, 7) is 4.39. The molecule has 1 aliphatic rings. The van der Waals surface area contributed by atoms with E-state index in [2.05, 4.69) is 20.5 Å². The zero-order valence-electron chi connectivity index (χ0n) is 21.5. The van der Waals surface area contributed by atoms with Crippen molar-refractivity contribution in [2.24, 2.45) is 0 Å². The number of hydrogen-bond acceptors (Lipinski definition) is 7. The number of carbonyl (C=O) groups is 3. The number of imide groups is 1. The van der Waals surface area contributed by atoms with Gasteiger partial charge in [0.15, 0.2) is 5.11 Å². The third kappa shape index (κ3) is 6.51. The van der Waals surface area contributed by atoms with E-state index < -0.39 is 0 Å². The van der Waals surface area contributed by atoms with Crippen molar-refractivity contribution in [3.63, 3.8) is 0 Å². The first-order valence-corrected chi connectivity index (χ1v) is 12.9. The minimum Gasteiger partial charge on any atom is -0.492 e. The summed E-state index contributed by atoms with van der Waals surface area (Å²) < 4.78 is 5.78. The molecule has 3 aromatic rings. The molecule has 0 bridgehead atoms. The SMILES string of the molecule is CC(=O)CCOc1ccc2c3c(cccc13)C(=O)N(CCNC(=S)NCCN(C)Cc1ccccn1)C2=O. The Morgan fingerprint density at radius 2 is 1.79 bits per heavy atom. The first-order valence-electron chi connectivity index (χ1n) is 12.5. The number of carbonyl (C=O) groups excluding carboxylic acids is 3. The van der Waals surface area contributed by atoms with Gasteiger partial charge in [0.1, 0.15) is 11.5 Å². The van der Waals surface area contributed by atoms with Gasteiger partial charge in [-0.15, -0.1) is 0 Å². The summed E-state index contributed by atoms with van der Waals surface area (Å²) in [6.07, 6.45) is 2.07. The number of ketones is 1. The lowest BCUT2D eigenvalue weighted by Gasteiger charge is -2.28. The van der Waals surface area contributed by atoms with Gasteiger partial charge in [0, 0.05) is 67.2 Å². The van der Waals surface area contributed by atoms with Crippen LogP contribution in [0, 0.1) is 0 Å². The van der Waals surface area contributed by atoms with E-state index in [1.165, 1.54) is 11.8 Å². The fourth-order valence-electron chi connectivity index (χ4n) is 4.30. The molecule has 0 aliphatic carbocycles. The molecular formula is C28H31N5O4S. The quantitative estimate of drug-likeness (QED) is 0.269. The van der Waals surface area contributed by atoms with E-state index >= 15 is 0 Å². The van der Waals surface area contributed by atoms with Gasteiger partial charge in [-0.1, -0.05) is 18.2 Å². The fraction of sp³-hybridized carbons (Fsp3) is 0.321. The highest BCUT2D eigenvalue weighted by molar-refractivity contribution is 7.80. The molecule has 0 atom stereocenters. The zero-order chi connectivity index (χ0) is 27.1. The van der Waals surface area contributed by atoms with Gasteiger partial charge in [-0.05, 0) is 56.5 Å². The normalized spacial score (nSPS) is 12.7. The van der Waals surface area contributed by atoms with Gasteiger partial charge in [-0.25, -0.2) is 0 Å². The number of nitrogens with zero attached hydrogens (tertiary/aromatic N) is 3. The molecule has 38 heavy (non-hydrogen) atoms. The van der Waals surface area contributed by atoms with E-state index in [9.17, 15) is 14.4 Å². The molecule has 1 aliphatic heterocycles. The molecule has 1 aromatic heterocycles. The second kappa shape index (κ2) is 12.6. The third-order valence-corrected chi connectivity index (χ3v) is 6.51. The molecule has 0 saturated carbocycles. The van der Waals surface area contributed by atoms with Crippen LogP contribution in [0.15, 0.2) is 54.7 Å². The van der Waals surface area contributed by atoms with Crippen LogP contribution in [0.1, 0.15) is 39.8 Å². The van der Waals surface area contributed by atoms with Gasteiger partial charge in [-0.2, -0.15) is 0 Å². The standard InChI is InChI=1S/C28H31N5O4S/c1-19(34)11-17-37-24-10-9-23-25-21(24)7-5-8-22(25)26(35)33(27(23)36)16-14-31-28(38)30-13-15-32(2)18-20-6-3-4-12-29-20/h3-10,12H,11,13-18H2,1-2H3,(H2,30,31,38). The van der Waals surface area contributed by atoms with Crippen molar-refractivity contribution < 1.29 is 19.1 Å². The number of nitrogens with one attached hydrogen (secondary N) is 2. The maximum Gasteiger partial charge on any atom is 0.261 e. The fourth-order valence-corrected chi connectivity index (χ4v) is 4.51. The van der Waals surface area contributed by atoms with Crippen LogP contribution in [-0.2, 0) is 11.3 Å². The van der Waals surface area contributed by atoms with E-state index in [1.807, 2.05) is 31.3 Å². The number of aromatic nitrogens is 1. The largest absolute Gasteiger partial charge is 0.492 e. The number of amides is 2. The van der Waals surface area contributed by atoms with Crippen molar-refractivity contribution in [3.05, 3.63) is 71.5 Å². The average molecular weight is 534 g/mol. The lowest BCUT2D eigenvalue weighted by molar-refractivity contribution is -0.117. The molecule has 0 radical (unpaired) electrons. The zero-order valence-corrected chi connectivity index (χ0v) is 22.3. The number of pyridine rings is 1. The number of benzene rings is 2. The predicted molar refractivity (Wildman–Crippen MR) is 149 cm³/mol. The first-order chi connectivity index (χ1) is 18.3. The topological polar surface area (TPSA) is 104 Å². The molecule has 0 saturated heterocycles. The molecule has 0 fully saturated rings. The van der Waals surface area contributed by atoms with Crippen molar-refractivity contribution in [3.8, 4) is 5.75 Å². The van der Waals surface area contributed by atoms with Crippen LogP contribution in [0.25, 0.3) is 10.8 Å². The Bertz CT molecular complexity index is 1330. The molecule has 2 amide bonds. The maximum absolute atomic E-state index is 13.2. The molecule has 2 heterocycles. The number of likely N-dealkylation sites (N-methyl/N-ethyl adjacent to an activating group) is 1. The van der Waals surface area contributed by atoms with Gasteiger partial charge >= 0.3 is 0 Å². The summed E-state index contributed by atoms with van der Waals surface area (Å²) >= 11 is 5.36. The second-order valence-corrected chi connectivity index (χ2v) is 9.55. The van der Waals surface area contributed by atoms with Crippen LogP contribution in [0.2, 0.25) is 0 Å². The van der Waals surface area contributed by atoms with Crippen molar-refractivity contribution >= 4 is 45.7 Å². The monoisotopic (exact) mass is 533 g/mol. The summed E-state index contributed by atoms with van der Waals surface area (Å²) in [6, 6.07) is 14.6. The van der Waals surface area contributed by atoms with Gasteiger partial charge in [0.25, 0.3) is 11.8 Å². The highest BCUT2D eigenvalue weighted by atomic mass is 32.1. The van der Waals surface area contributed by atoms with Crippen LogP contribution in [0.4, 0.5) is 0 Å². The highest BCUT2D eigenvalue weighted by Gasteiger charge is 2.33. The summed E-state index contributed by atoms with van der Waals surface area (Å²) in [5.74, 6) is -0.133. The summed E-state index contributed by atoms with van der Waals surface area (Å²) in [5.41, 5.74) is 1.90. The minimum absolute atomic E-state index is 0.0324. The molecule has 0 unspecified atom stereocenters. The van der Waals surface area contributed by atoms with Crippen LogP contribution < -0.4 is 15.4 Å². The molecule has 4 rings (SSSR count). The molecule has 2 N–H and O–H groups in total. The summed E-state index contributed by atoms with van der Waals surface area (Å²) in [4.78, 5) is 45.4. The third-order valence-electron chi connectivity index (χ3n) is 6.22. The Balaban J connectivity index is 1.30. The van der Waals surface area contributed by atoms with Gasteiger partial charge in [0.05, 0.1) is 12.3 Å². The molecule has 9 nitrogen and oxygen atoms in total. The lowest BCUT2D eigenvalue weighted by Crippen LogP contribution is -2.46. The Morgan fingerprint density at radius 3 is 2.53 bits per heavy atom. The van der Waals surface area contributed by atoms with Crippen molar-refractivity contribution in [2.45, 2.75) is 19.9 Å². The Morgan fingerprint density at radius 1 is 1.03 bits per heavy atom. The molecule has 10 heteroatoms. The Kier molecular flexibility index (Phi) is 8.98. The van der Waals surface area contributed by atoms with Crippen molar-refractivity contribution in [1.82, 2.24) is 25.4 Å². The van der Waals surface area contributed by atoms with Gasteiger partial charge in [0.2, 0.25) is 0 Å². The van der Waals surface area contributed by atoms with Crippen molar-refractivity contribution in [1.29, 1.82) is 0 Å². The molecule has 198 valence electrons. The summed E-state index contributed by atoms with van der Waals surface area (Å²) in [7, 11) is 2.01. The smallest absolute Gasteiger partial charge is 0.261 e. The van der Waals surface area contributed by atoms with E-state index in [4.69, 9.17) is 17.0 Å². The Hall–Kier alpha value is -3.89.